The number of carbonyl (C=O) groups excluding carboxylic acids is 4. The SMILES string of the molecule is COC(=O)C1NC(=O)C(C)(NC(=O)OC(C)(C)C)COC(=O)c2c(C)c(OC)cc(O)c2CS[C@@H]1C. The lowest BCUT2D eigenvalue weighted by Gasteiger charge is -2.33. The molecule has 1 aromatic rings. The van der Waals surface area contributed by atoms with E-state index < -0.39 is 53.0 Å². The van der Waals surface area contributed by atoms with Crippen molar-refractivity contribution in [3.8, 4) is 11.5 Å². The van der Waals surface area contributed by atoms with Crippen LogP contribution >= 0.6 is 11.8 Å². The number of methoxy groups -OCH3 is 2. The van der Waals surface area contributed by atoms with Crippen molar-refractivity contribution in [2.75, 3.05) is 20.8 Å². The second-order valence-electron chi connectivity index (χ2n) is 9.60. The number of alkyl carbamates (subject to hydrolysis) is 1. The van der Waals surface area contributed by atoms with Gasteiger partial charge in [0.2, 0.25) is 5.91 Å². The molecule has 0 fully saturated rings. The van der Waals surface area contributed by atoms with Crippen LogP contribution in [0, 0.1) is 6.92 Å². The van der Waals surface area contributed by atoms with E-state index in [0.29, 0.717) is 5.56 Å². The molecule has 0 bridgehead atoms. The van der Waals surface area contributed by atoms with Crippen LogP contribution in [0.3, 0.4) is 0 Å². The minimum atomic E-state index is -1.82. The van der Waals surface area contributed by atoms with E-state index in [1.165, 1.54) is 39.0 Å². The van der Waals surface area contributed by atoms with E-state index in [0.717, 1.165) is 0 Å². The van der Waals surface area contributed by atoms with Gasteiger partial charge in [-0.3, -0.25) is 4.79 Å². The van der Waals surface area contributed by atoms with Crippen LogP contribution in [0.1, 0.15) is 56.1 Å². The first-order chi connectivity index (χ1) is 16.6. The molecule has 0 radical (unpaired) electrons. The predicted octanol–water partition coefficient (Wildman–Crippen LogP) is 2.44. The summed E-state index contributed by atoms with van der Waals surface area (Å²) in [6.07, 6.45) is -0.920. The average Bonchev–Trinajstić information content (AvgIpc) is 2.78. The third kappa shape index (κ3) is 6.74. The third-order valence-corrected chi connectivity index (χ3v) is 6.77. The van der Waals surface area contributed by atoms with Gasteiger partial charge in [0.15, 0.2) is 5.54 Å². The molecule has 2 rings (SSSR count). The maximum absolute atomic E-state index is 13.4. The number of carbonyl (C=O) groups is 4. The standard InChI is InChI=1S/C24H34N2O9S/c1-12-16(32-7)9-15(27)14-10-36-13(2)18(20(29)33-8)25-21(30)24(6,11-34-19(28)17(12)14)26-22(31)35-23(3,4)5/h9,13,18,27H,10-11H2,1-8H3,(H,25,30)(H,26,31)/t13-,18?,24?/m1/s1. The molecule has 0 aromatic heterocycles. The molecule has 200 valence electrons. The number of aromatic hydroxyl groups is 1. The van der Waals surface area contributed by atoms with Crippen molar-refractivity contribution in [3.63, 3.8) is 0 Å². The molecule has 2 unspecified atom stereocenters. The lowest BCUT2D eigenvalue weighted by molar-refractivity contribution is -0.146. The summed E-state index contributed by atoms with van der Waals surface area (Å²) in [7, 11) is 2.59. The van der Waals surface area contributed by atoms with E-state index in [2.05, 4.69) is 10.6 Å². The van der Waals surface area contributed by atoms with Gasteiger partial charge in [-0.25, -0.2) is 14.4 Å². The Balaban J connectivity index is 2.59. The molecule has 1 aliphatic heterocycles. The topological polar surface area (TPSA) is 149 Å². The smallest absolute Gasteiger partial charge is 0.408 e. The first-order valence-electron chi connectivity index (χ1n) is 11.2. The Kier molecular flexibility index (Phi) is 9.11. The summed E-state index contributed by atoms with van der Waals surface area (Å²) in [4.78, 5) is 51.7. The minimum absolute atomic E-state index is 0.0711. The number of ether oxygens (including phenoxy) is 4. The first-order valence-corrected chi connectivity index (χ1v) is 12.3. The molecule has 1 aromatic carbocycles. The lowest BCUT2D eigenvalue weighted by atomic mass is 9.99. The highest BCUT2D eigenvalue weighted by atomic mass is 32.2. The zero-order valence-electron chi connectivity index (χ0n) is 21.8. The fraction of sp³-hybridized carbons (Fsp3) is 0.583. The first kappa shape index (κ1) is 29.1. The number of hydrogen-bond donors (Lipinski definition) is 3. The van der Waals surface area contributed by atoms with Crippen LogP contribution in [0.4, 0.5) is 4.79 Å². The third-order valence-electron chi connectivity index (χ3n) is 5.52. The van der Waals surface area contributed by atoms with Gasteiger partial charge < -0.3 is 34.7 Å². The number of cyclic esters (lactones) is 1. The summed E-state index contributed by atoms with van der Waals surface area (Å²) in [5.74, 6) is -2.09. The zero-order chi connectivity index (χ0) is 27.4. The Hall–Kier alpha value is -3.15. The normalized spacial score (nSPS) is 23.1. The molecule has 11 nitrogen and oxygen atoms in total. The van der Waals surface area contributed by atoms with Gasteiger partial charge in [0, 0.05) is 28.2 Å². The fourth-order valence-electron chi connectivity index (χ4n) is 3.51. The van der Waals surface area contributed by atoms with Crippen LogP contribution in [-0.2, 0) is 29.6 Å². The molecule has 1 heterocycles. The summed E-state index contributed by atoms with van der Waals surface area (Å²) in [6, 6.07) is 0.291. The predicted molar refractivity (Wildman–Crippen MR) is 132 cm³/mol. The second kappa shape index (κ2) is 11.3. The van der Waals surface area contributed by atoms with Crippen LogP contribution in [-0.4, -0.2) is 72.3 Å². The van der Waals surface area contributed by atoms with E-state index >= 15 is 0 Å². The summed E-state index contributed by atoms with van der Waals surface area (Å²) in [5, 5.41) is 15.2. The van der Waals surface area contributed by atoms with E-state index in [4.69, 9.17) is 18.9 Å². The summed E-state index contributed by atoms with van der Waals surface area (Å²) < 4.78 is 20.9. The molecule has 0 aliphatic carbocycles. The van der Waals surface area contributed by atoms with Crippen LogP contribution < -0.4 is 15.4 Å². The Morgan fingerprint density at radius 1 is 1.28 bits per heavy atom. The number of thioether (sulfide) groups is 1. The zero-order valence-corrected chi connectivity index (χ0v) is 22.6. The molecule has 1 aliphatic rings. The molecule has 0 saturated carbocycles. The van der Waals surface area contributed by atoms with Crippen molar-refractivity contribution in [2.24, 2.45) is 0 Å². The quantitative estimate of drug-likeness (QED) is 0.396. The molecular formula is C24H34N2O9S. The molecule has 3 atom stereocenters. The van der Waals surface area contributed by atoms with E-state index in [-0.39, 0.29) is 28.4 Å². The molecule has 12 heteroatoms. The maximum atomic E-state index is 13.4. The monoisotopic (exact) mass is 526 g/mol. The molecule has 3 N–H and O–H groups in total. The molecule has 36 heavy (non-hydrogen) atoms. The number of hydrogen-bond acceptors (Lipinski definition) is 10. The number of phenols is 1. The fourth-order valence-corrected chi connectivity index (χ4v) is 4.60. The van der Waals surface area contributed by atoms with Crippen LogP contribution in [0.15, 0.2) is 6.07 Å². The molecular weight excluding hydrogens is 492 g/mol. The van der Waals surface area contributed by atoms with Crippen molar-refractivity contribution >= 4 is 35.7 Å². The molecule has 0 saturated heterocycles. The van der Waals surface area contributed by atoms with Crippen LogP contribution in [0.2, 0.25) is 0 Å². The van der Waals surface area contributed by atoms with Crippen molar-refractivity contribution in [2.45, 2.75) is 69.7 Å². The van der Waals surface area contributed by atoms with E-state index in [1.54, 1.807) is 34.6 Å². The number of nitrogens with one attached hydrogen (secondary N) is 2. The van der Waals surface area contributed by atoms with Crippen molar-refractivity contribution in [1.82, 2.24) is 10.6 Å². The van der Waals surface area contributed by atoms with Crippen molar-refractivity contribution in [1.29, 1.82) is 0 Å². The second-order valence-corrected chi connectivity index (χ2v) is 11.0. The number of rotatable bonds is 3. The lowest BCUT2D eigenvalue weighted by Crippen LogP contribution is -2.63. The van der Waals surface area contributed by atoms with Gasteiger partial charge in [-0.15, -0.1) is 0 Å². The highest BCUT2D eigenvalue weighted by Crippen LogP contribution is 2.37. The average molecular weight is 527 g/mol. The molecule has 0 spiro atoms. The summed E-state index contributed by atoms with van der Waals surface area (Å²) in [5.41, 5.74) is -1.89. The van der Waals surface area contributed by atoms with Gasteiger partial charge in [-0.2, -0.15) is 11.8 Å². The maximum Gasteiger partial charge on any atom is 0.408 e. The van der Waals surface area contributed by atoms with Gasteiger partial charge >= 0.3 is 18.0 Å². The van der Waals surface area contributed by atoms with E-state index in [1.807, 2.05) is 0 Å². The number of phenolic OH excluding ortho intramolecular Hbond substituents is 1. The summed E-state index contributed by atoms with van der Waals surface area (Å²) in [6.45, 7) is 9.05. The molecule has 2 amide bonds. The van der Waals surface area contributed by atoms with Crippen LogP contribution in [0.5, 0.6) is 11.5 Å². The Labute approximate surface area is 214 Å². The Bertz CT molecular complexity index is 1040. The van der Waals surface area contributed by atoms with E-state index in [9.17, 15) is 24.3 Å². The number of amides is 2. The number of fused-ring (bicyclic) bond motifs is 1. The number of benzene rings is 1. The van der Waals surface area contributed by atoms with Gasteiger partial charge in [0.05, 0.1) is 19.8 Å². The van der Waals surface area contributed by atoms with Gasteiger partial charge in [-0.05, 0) is 34.6 Å². The highest BCUT2D eigenvalue weighted by Gasteiger charge is 2.42. The van der Waals surface area contributed by atoms with Crippen molar-refractivity contribution < 1.29 is 43.2 Å². The van der Waals surface area contributed by atoms with Gasteiger partial charge in [0.1, 0.15) is 29.7 Å². The Morgan fingerprint density at radius 3 is 2.47 bits per heavy atom. The van der Waals surface area contributed by atoms with Gasteiger partial charge in [0.25, 0.3) is 0 Å². The largest absolute Gasteiger partial charge is 0.507 e. The highest BCUT2D eigenvalue weighted by molar-refractivity contribution is 7.99. The Morgan fingerprint density at radius 2 is 1.92 bits per heavy atom. The van der Waals surface area contributed by atoms with Crippen LogP contribution in [0.25, 0.3) is 0 Å². The number of esters is 2. The summed E-state index contributed by atoms with van der Waals surface area (Å²) >= 11 is 1.21. The van der Waals surface area contributed by atoms with Crippen molar-refractivity contribution in [3.05, 3.63) is 22.8 Å². The minimum Gasteiger partial charge on any atom is -0.507 e. The van der Waals surface area contributed by atoms with Gasteiger partial charge in [-0.1, -0.05) is 6.92 Å².